The number of nitrogens with one attached hydrogen (secondary N) is 1. The predicted octanol–water partition coefficient (Wildman–Crippen LogP) is 2.25. The molecule has 128 valence electrons. The molecule has 0 unspecified atom stereocenters. The molecule has 1 aromatic carbocycles. The predicted molar refractivity (Wildman–Crippen MR) is 94.1 cm³/mol. The molecule has 0 saturated carbocycles. The molecule has 1 N–H and O–H groups in total. The van der Waals surface area contributed by atoms with E-state index >= 15 is 0 Å². The molecule has 1 aromatic rings. The van der Waals surface area contributed by atoms with Gasteiger partial charge in [-0.15, -0.1) is 0 Å². The number of nitriles is 1. The second-order valence-corrected chi connectivity index (χ2v) is 6.12. The van der Waals surface area contributed by atoms with Gasteiger partial charge >= 0.3 is 0 Å². The Morgan fingerprint density at radius 3 is 2.62 bits per heavy atom. The van der Waals surface area contributed by atoms with Gasteiger partial charge in [-0.1, -0.05) is 11.6 Å². The van der Waals surface area contributed by atoms with Crippen molar-refractivity contribution in [3.63, 3.8) is 0 Å². The summed E-state index contributed by atoms with van der Waals surface area (Å²) in [6.07, 6.45) is 1.42. The van der Waals surface area contributed by atoms with Gasteiger partial charge in [-0.2, -0.15) is 5.26 Å². The summed E-state index contributed by atoms with van der Waals surface area (Å²) < 4.78 is 5.28. The van der Waals surface area contributed by atoms with Gasteiger partial charge in [-0.25, -0.2) is 0 Å². The van der Waals surface area contributed by atoms with Crippen LogP contribution in [0.5, 0.6) is 5.75 Å². The highest BCUT2D eigenvalue weighted by atomic mass is 35.5. The van der Waals surface area contributed by atoms with Crippen molar-refractivity contribution >= 4 is 23.2 Å². The molecule has 2 rings (SSSR count). The van der Waals surface area contributed by atoms with Gasteiger partial charge in [0.25, 0.3) is 5.91 Å². The number of nitrogens with zero attached hydrogens (tertiary/aromatic N) is 3. The van der Waals surface area contributed by atoms with Crippen LogP contribution in [-0.2, 0) is 4.79 Å². The number of anilines is 1. The number of methoxy groups -OCH3 is 1. The van der Waals surface area contributed by atoms with Gasteiger partial charge in [0, 0.05) is 43.5 Å². The normalized spacial score (nSPS) is 15.8. The summed E-state index contributed by atoms with van der Waals surface area (Å²) in [5, 5.41) is 12.9. The monoisotopic (exact) mass is 348 g/mol. The zero-order chi connectivity index (χ0) is 17.7. The zero-order valence-corrected chi connectivity index (χ0v) is 14.9. The molecule has 1 amide bonds. The van der Waals surface area contributed by atoms with Gasteiger partial charge in [0.05, 0.1) is 12.8 Å². The number of ether oxygens (including phenoxy) is 1. The standard InChI is InChI=1S/C17H21ClN4O2/c1-12-8-15(16(24-3)9-14(12)18)20-11-13(10-19)17(23)22-6-4-21(2)5-7-22/h8-9,11,20H,4-7H2,1-3H3/b13-11-. The van der Waals surface area contributed by atoms with E-state index in [2.05, 4.69) is 10.2 Å². The second kappa shape index (κ2) is 8.04. The highest BCUT2D eigenvalue weighted by Gasteiger charge is 2.22. The van der Waals surface area contributed by atoms with E-state index in [1.807, 2.05) is 26.1 Å². The number of hydrogen-bond acceptors (Lipinski definition) is 5. The van der Waals surface area contributed by atoms with Crippen molar-refractivity contribution in [1.82, 2.24) is 9.80 Å². The molecular weight excluding hydrogens is 328 g/mol. The third-order valence-electron chi connectivity index (χ3n) is 3.99. The second-order valence-electron chi connectivity index (χ2n) is 5.71. The third-order valence-corrected chi connectivity index (χ3v) is 4.40. The van der Waals surface area contributed by atoms with Crippen molar-refractivity contribution in [2.75, 3.05) is 45.7 Å². The lowest BCUT2D eigenvalue weighted by Crippen LogP contribution is -2.47. The molecule has 0 spiro atoms. The van der Waals surface area contributed by atoms with E-state index in [-0.39, 0.29) is 11.5 Å². The Kier molecular flexibility index (Phi) is 6.07. The summed E-state index contributed by atoms with van der Waals surface area (Å²) >= 11 is 6.08. The van der Waals surface area contributed by atoms with Crippen molar-refractivity contribution in [3.05, 3.63) is 34.5 Å². The number of benzene rings is 1. The van der Waals surface area contributed by atoms with Crippen LogP contribution in [0.15, 0.2) is 23.9 Å². The molecule has 1 aliphatic heterocycles. The van der Waals surface area contributed by atoms with E-state index in [9.17, 15) is 10.1 Å². The zero-order valence-electron chi connectivity index (χ0n) is 14.1. The van der Waals surface area contributed by atoms with Gasteiger partial charge in [-0.3, -0.25) is 4.79 Å². The first-order chi connectivity index (χ1) is 11.5. The van der Waals surface area contributed by atoms with E-state index in [0.29, 0.717) is 29.5 Å². The molecule has 1 saturated heterocycles. The quantitative estimate of drug-likeness (QED) is 0.667. The molecule has 24 heavy (non-hydrogen) atoms. The average Bonchev–Trinajstić information content (AvgIpc) is 2.58. The molecule has 1 aliphatic rings. The molecule has 7 heteroatoms. The molecule has 6 nitrogen and oxygen atoms in total. The van der Waals surface area contributed by atoms with Crippen molar-refractivity contribution in [3.8, 4) is 11.8 Å². The summed E-state index contributed by atoms with van der Waals surface area (Å²) in [4.78, 5) is 16.3. The average molecular weight is 349 g/mol. The SMILES string of the molecule is COc1cc(Cl)c(C)cc1N/C=C(/C#N)C(=O)N1CCN(C)CC1. The number of rotatable bonds is 4. The summed E-state index contributed by atoms with van der Waals surface area (Å²) in [6, 6.07) is 5.48. The van der Waals surface area contributed by atoms with Crippen molar-refractivity contribution in [2.45, 2.75) is 6.92 Å². The van der Waals surface area contributed by atoms with Gasteiger partial charge < -0.3 is 19.9 Å². The van der Waals surface area contributed by atoms with Crippen molar-refractivity contribution in [1.29, 1.82) is 5.26 Å². The van der Waals surface area contributed by atoms with E-state index in [1.54, 1.807) is 11.0 Å². The van der Waals surface area contributed by atoms with Crippen LogP contribution in [0.1, 0.15) is 5.56 Å². The van der Waals surface area contributed by atoms with Crippen LogP contribution in [0.2, 0.25) is 5.02 Å². The first kappa shape index (κ1) is 18.1. The summed E-state index contributed by atoms with van der Waals surface area (Å²) in [5.41, 5.74) is 1.59. The number of likely N-dealkylation sites (N-methyl/N-ethyl adjacent to an activating group) is 1. The third kappa shape index (κ3) is 4.19. The maximum atomic E-state index is 12.5. The number of carbonyl (C=O) groups is 1. The summed E-state index contributed by atoms with van der Waals surface area (Å²) in [6.45, 7) is 4.73. The fourth-order valence-electron chi connectivity index (χ4n) is 2.42. The van der Waals surface area contributed by atoms with Gasteiger partial charge in [-0.05, 0) is 25.6 Å². The number of carbonyl (C=O) groups excluding carboxylic acids is 1. The molecule has 0 radical (unpaired) electrons. The Balaban J connectivity index is 2.15. The number of amides is 1. The van der Waals surface area contributed by atoms with E-state index in [4.69, 9.17) is 16.3 Å². The van der Waals surface area contributed by atoms with E-state index in [1.165, 1.54) is 13.3 Å². The molecular formula is C17H21ClN4O2. The maximum absolute atomic E-state index is 12.5. The number of halogens is 1. The number of hydrogen-bond donors (Lipinski definition) is 1. The number of piperazine rings is 1. The fourth-order valence-corrected chi connectivity index (χ4v) is 2.57. The van der Waals surface area contributed by atoms with E-state index < -0.39 is 0 Å². The van der Waals surface area contributed by atoms with Crippen LogP contribution in [-0.4, -0.2) is 56.0 Å². The Bertz CT molecular complexity index is 689. The lowest BCUT2D eigenvalue weighted by Gasteiger charge is -2.32. The minimum absolute atomic E-state index is 0.0641. The minimum atomic E-state index is -0.261. The first-order valence-electron chi connectivity index (χ1n) is 7.65. The molecule has 0 aliphatic carbocycles. The minimum Gasteiger partial charge on any atom is -0.495 e. The molecule has 0 atom stereocenters. The van der Waals surface area contributed by atoms with Gasteiger partial charge in [0.1, 0.15) is 17.4 Å². The summed E-state index contributed by atoms with van der Waals surface area (Å²) in [7, 11) is 3.55. The van der Waals surface area contributed by atoms with Crippen LogP contribution in [0.4, 0.5) is 5.69 Å². The lowest BCUT2D eigenvalue weighted by atomic mass is 10.2. The van der Waals surface area contributed by atoms with E-state index in [0.717, 1.165) is 18.7 Å². The largest absolute Gasteiger partial charge is 0.495 e. The molecule has 0 bridgehead atoms. The van der Waals surface area contributed by atoms with Crippen LogP contribution < -0.4 is 10.1 Å². The smallest absolute Gasteiger partial charge is 0.266 e. The Morgan fingerprint density at radius 1 is 1.38 bits per heavy atom. The highest BCUT2D eigenvalue weighted by molar-refractivity contribution is 6.31. The Morgan fingerprint density at radius 2 is 2.04 bits per heavy atom. The fraction of sp³-hybridized carbons (Fsp3) is 0.412. The Hall–Kier alpha value is -2.23. The Labute approximate surface area is 147 Å². The topological polar surface area (TPSA) is 68.6 Å². The van der Waals surface area contributed by atoms with Crippen LogP contribution in [0.3, 0.4) is 0 Å². The van der Waals surface area contributed by atoms with Crippen LogP contribution >= 0.6 is 11.6 Å². The molecule has 1 fully saturated rings. The first-order valence-corrected chi connectivity index (χ1v) is 8.02. The lowest BCUT2D eigenvalue weighted by molar-refractivity contribution is -0.128. The maximum Gasteiger partial charge on any atom is 0.266 e. The highest BCUT2D eigenvalue weighted by Crippen LogP contribution is 2.31. The molecule has 0 aromatic heterocycles. The van der Waals surface area contributed by atoms with Crippen LogP contribution in [0.25, 0.3) is 0 Å². The van der Waals surface area contributed by atoms with Crippen molar-refractivity contribution in [2.24, 2.45) is 0 Å². The summed E-state index contributed by atoms with van der Waals surface area (Å²) in [5.74, 6) is 0.286. The molecule has 1 heterocycles. The van der Waals surface area contributed by atoms with Crippen LogP contribution in [0, 0.1) is 18.3 Å². The number of aryl methyl sites for hydroxylation is 1. The van der Waals surface area contributed by atoms with Gasteiger partial charge in [0.2, 0.25) is 0 Å². The van der Waals surface area contributed by atoms with Gasteiger partial charge in [0.15, 0.2) is 0 Å². The van der Waals surface area contributed by atoms with Crippen molar-refractivity contribution < 1.29 is 9.53 Å².